The zero-order valence-electron chi connectivity index (χ0n) is 26.6. The molecule has 1 amide bonds. The van der Waals surface area contributed by atoms with Crippen LogP contribution in [0.5, 0.6) is 11.5 Å². The summed E-state index contributed by atoms with van der Waals surface area (Å²) in [5.41, 5.74) is -0.188. The number of carbonyl (C=O) groups is 3. The number of cyclic esters (lactones) is 1. The van der Waals surface area contributed by atoms with Gasteiger partial charge in [0, 0.05) is 39.0 Å². The van der Waals surface area contributed by atoms with E-state index in [0.29, 0.717) is 19.8 Å². The maximum Gasteiger partial charge on any atom is 0.331 e. The van der Waals surface area contributed by atoms with Gasteiger partial charge < -0.3 is 43.2 Å². The molecule has 0 bridgehead atoms. The third-order valence-corrected chi connectivity index (χ3v) is 5.92. The molecule has 0 spiro atoms. The van der Waals surface area contributed by atoms with Crippen LogP contribution in [-0.4, -0.2) is 101 Å². The van der Waals surface area contributed by atoms with E-state index >= 15 is 0 Å². The highest BCUT2D eigenvalue weighted by atomic mass is 16.7. The highest BCUT2D eigenvalue weighted by Crippen LogP contribution is 2.29. The number of rotatable bonds is 16. The Balaban J connectivity index is 2.33. The fourth-order valence-corrected chi connectivity index (χ4v) is 3.92. The second kappa shape index (κ2) is 18.6. The van der Waals surface area contributed by atoms with E-state index in [-0.39, 0.29) is 54.8 Å². The van der Waals surface area contributed by atoms with Crippen molar-refractivity contribution in [1.82, 2.24) is 10.3 Å². The standard InChI is InChI=1S/C30H48N2O11/c1-18(2)11-37-16-25-27(40-13-20(5)6)24(39-12-19(3)4)15-38-14-22(30(35)43-25)32-29(34)26-28(42-17-41-21(7)33)23(36-8)9-10-31-26/h9-10,18-20,22,24-25,27H,11-17H2,1-8H3,(H,32,34)/t22-,24-,25+,27+/m0/s1. The largest absolute Gasteiger partial charge is 0.493 e. The molecule has 0 aromatic carbocycles. The van der Waals surface area contributed by atoms with Crippen LogP contribution in [0.15, 0.2) is 12.3 Å². The van der Waals surface area contributed by atoms with Gasteiger partial charge in [0.05, 0.1) is 26.9 Å². The highest BCUT2D eigenvalue weighted by Gasteiger charge is 2.39. The summed E-state index contributed by atoms with van der Waals surface area (Å²) in [7, 11) is 1.39. The van der Waals surface area contributed by atoms with Crippen molar-refractivity contribution in [2.45, 2.75) is 72.8 Å². The van der Waals surface area contributed by atoms with Gasteiger partial charge in [-0.05, 0) is 17.8 Å². The van der Waals surface area contributed by atoms with E-state index in [4.69, 9.17) is 37.9 Å². The number of hydrogen-bond acceptors (Lipinski definition) is 12. The molecule has 13 heteroatoms. The Labute approximate surface area is 254 Å². The van der Waals surface area contributed by atoms with Gasteiger partial charge in [0.1, 0.15) is 12.2 Å². The van der Waals surface area contributed by atoms with Crippen LogP contribution in [-0.2, 0) is 38.0 Å². The quantitative estimate of drug-likeness (QED) is 0.216. The Morgan fingerprint density at radius 3 is 2.33 bits per heavy atom. The monoisotopic (exact) mass is 612 g/mol. The molecule has 1 N–H and O–H groups in total. The van der Waals surface area contributed by atoms with Crippen LogP contribution in [0, 0.1) is 17.8 Å². The Bertz CT molecular complexity index is 1020. The van der Waals surface area contributed by atoms with Crippen molar-refractivity contribution in [3.63, 3.8) is 0 Å². The van der Waals surface area contributed by atoms with E-state index in [1.807, 2.05) is 41.5 Å². The number of carbonyl (C=O) groups excluding carboxylic acids is 3. The van der Waals surface area contributed by atoms with E-state index in [9.17, 15) is 14.4 Å². The lowest BCUT2D eigenvalue weighted by Crippen LogP contribution is -2.50. The molecule has 1 saturated heterocycles. The van der Waals surface area contributed by atoms with Crippen molar-refractivity contribution in [2.24, 2.45) is 17.8 Å². The van der Waals surface area contributed by atoms with Crippen LogP contribution in [0.25, 0.3) is 0 Å². The van der Waals surface area contributed by atoms with Gasteiger partial charge >= 0.3 is 11.9 Å². The van der Waals surface area contributed by atoms with Crippen LogP contribution < -0.4 is 14.8 Å². The van der Waals surface area contributed by atoms with E-state index in [1.54, 1.807) is 0 Å². The number of pyridine rings is 1. The summed E-state index contributed by atoms with van der Waals surface area (Å²) in [6.07, 6.45) is -0.717. The Kier molecular flexibility index (Phi) is 15.7. The first-order valence-electron chi connectivity index (χ1n) is 14.6. The summed E-state index contributed by atoms with van der Waals surface area (Å²) < 4.78 is 45.8. The highest BCUT2D eigenvalue weighted by molar-refractivity contribution is 5.98. The van der Waals surface area contributed by atoms with Gasteiger partial charge in [-0.1, -0.05) is 41.5 Å². The lowest BCUT2D eigenvalue weighted by molar-refractivity contribution is -0.181. The predicted octanol–water partition coefficient (Wildman–Crippen LogP) is 2.79. The summed E-state index contributed by atoms with van der Waals surface area (Å²) in [5, 5.41) is 2.63. The van der Waals surface area contributed by atoms with Crippen molar-refractivity contribution >= 4 is 17.8 Å². The molecular formula is C30H48N2O11. The van der Waals surface area contributed by atoms with Gasteiger partial charge in [-0.2, -0.15) is 0 Å². The van der Waals surface area contributed by atoms with Gasteiger partial charge in [0.25, 0.3) is 5.91 Å². The van der Waals surface area contributed by atoms with Gasteiger partial charge in [-0.25, -0.2) is 9.78 Å². The number of hydrogen-bond donors (Lipinski definition) is 1. The third-order valence-electron chi connectivity index (χ3n) is 5.92. The number of methoxy groups -OCH3 is 1. The van der Waals surface area contributed by atoms with Gasteiger partial charge in [0.15, 0.2) is 29.3 Å². The van der Waals surface area contributed by atoms with E-state index in [0.717, 1.165) is 0 Å². The van der Waals surface area contributed by atoms with E-state index in [1.165, 1.54) is 26.3 Å². The number of ether oxygens (including phenoxy) is 8. The molecule has 0 aliphatic carbocycles. The predicted molar refractivity (Wildman–Crippen MR) is 155 cm³/mol. The van der Waals surface area contributed by atoms with Crippen molar-refractivity contribution in [3.8, 4) is 11.5 Å². The van der Waals surface area contributed by atoms with E-state index < -0.39 is 49.0 Å². The molecule has 244 valence electrons. The molecule has 2 rings (SSSR count). The Hall–Kier alpha value is -3.00. The molecule has 1 aliphatic rings. The average molecular weight is 613 g/mol. The number of nitrogens with one attached hydrogen (secondary N) is 1. The normalized spacial score (nSPS) is 21.1. The zero-order chi connectivity index (χ0) is 31.9. The number of esters is 2. The molecule has 43 heavy (non-hydrogen) atoms. The summed E-state index contributed by atoms with van der Waals surface area (Å²) in [6, 6.07) is 0.275. The second-order valence-corrected chi connectivity index (χ2v) is 11.5. The SMILES string of the molecule is COc1ccnc(C(=O)N[C@H]2COC[C@H](OCC(C)C)[C@@H](OCC(C)C)[C@@H](COCC(C)C)OC2=O)c1OCOC(C)=O. The van der Waals surface area contributed by atoms with Crippen LogP contribution in [0.3, 0.4) is 0 Å². The second-order valence-electron chi connectivity index (χ2n) is 11.5. The molecular weight excluding hydrogens is 564 g/mol. The Morgan fingerprint density at radius 2 is 1.70 bits per heavy atom. The molecule has 2 heterocycles. The number of aromatic nitrogens is 1. The van der Waals surface area contributed by atoms with Gasteiger partial charge in [0.2, 0.25) is 6.79 Å². The fraction of sp³-hybridized carbons (Fsp3) is 0.733. The first-order chi connectivity index (χ1) is 20.4. The maximum absolute atomic E-state index is 13.5. The molecule has 13 nitrogen and oxygen atoms in total. The van der Waals surface area contributed by atoms with Crippen molar-refractivity contribution < 1.29 is 52.3 Å². The lowest BCUT2D eigenvalue weighted by atomic mass is 10.1. The summed E-state index contributed by atoms with van der Waals surface area (Å²) in [5.74, 6) is -1.23. The third kappa shape index (κ3) is 12.6. The van der Waals surface area contributed by atoms with Crippen LogP contribution >= 0.6 is 0 Å². The first-order valence-corrected chi connectivity index (χ1v) is 14.6. The maximum atomic E-state index is 13.5. The Morgan fingerprint density at radius 1 is 1.02 bits per heavy atom. The molecule has 1 fully saturated rings. The minimum atomic E-state index is -1.20. The summed E-state index contributed by atoms with van der Waals surface area (Å²) in [4.78, 5) is 42.2. The zero-order valence-corrected chi connectivity index (χ0v) is 26.6. The van der Waals surface area contributed by atoms with Gasteiger partial charge in [-0.3, -0.25) is 9.59 Å². The topological polar surface area (TPSA) is 150 Å². The molecule has 1 aromatic heterocycles. The van der Waals surface area contributed by atoms with Crippen LogP contribution in [0.4, 0.5) is 0 Å². The van der Waals surface area contributed by atoms with Crippen LogP contribution in [0.1, 0.15) is 59.0 Å². The minimum absolute atomic E-state index is 0.0645. The lowest BCUT2D eigenvalue weighted by Gasteiger charge is -2.33. The molecule has 1 aromatic rings. The molecule has 4 atom stereocenters. The summed E-state index contributed by atoms with van der Waals surface area (Å²) in [6.45, 7) is 14.2. The van der Waals surface area contributed by atoms with Crippen molar-refractivity contribution in [2.75, 3.05) is 53.5 Å². The number of amides is 1. The average Bonchev–Trinajstić information content (AvgIpc) is 2.98. The van der Waals surface area contributed by atoms with Crippen molar-refractivity contribution in [3.05, 3.63) is 18.0 Å². The molecule has 1 aliphatic heterocycles. The van der Waals surface area contributed by atoms with Gasteiger partial charge in [-0.15, -0.1) is 0 Å². The van der Waals surface area contributed by atoms with Crippen molar-refractivity contribution in [1.29, 1.82) is 0 Å². The first kappa shape index (κ1) is 36.2. The van der Waals surface area contributed by atoms with Crippen LogP contribution in [0.2, 0.25) is 0 Å². The fourth-order valence-electron chi connectivity index (χ4n) is 3.92. The van der Waals surface area contributed by atoms with E-state index in [2.05, 4.69) is 10.3 Å². The molecule has 0 saturated carbocycles. The molecule has 0 unspecified atom stereocenters. The summed E-state index contributed by atoms with van der Waals surface area (Å²) >= 11 is 0. The number of nitrogens with zero attached hydrogens (tertiary/aromatic N) is 1. The molecule has 0 radical (unpaired) electrons. The minimum Gasteiger partial charge on any atom is -0.493 e. The smallest absolute Gasteiger partial charge is 0.331 e.